The maximum absolute atomic E-state index is 12.5. The maximum atomic E-state index is 12.5. The van der Waals surface area contributed by atoms with Gasteiger partial charge in [0, 0.05) is 42.4 Å². The molecule has 0 bridgehead atoms. The van der Waals surface area contributed by atoms with Crippen LogP contribution in [0.25, 0.3) is 0 Å². The van der Waals surface area contributed by atoms with E-state index in [0.717, 1.165) is 48.7 Å². The lowest BCUT2D eigenvalue weighted by molar-refractivity contribution is 0.0792. The molecule has 0 aliphatic carbocycles. The van der Waals surface area contributed by atoms with Crippen molar-refractivity contribution in [1.82, 2.24) is 10.2 Å². The van der Waals surface area contributed by atoms with E-state index in [0.29, 0.717) is 12.1 Å². The average Bonchev–Trinajstić information content (AvgIpc) is 2.84. The van der Waals surface area contributed by atoms with E-state index in [2.05, 4.69) is 58.7 Å². The molecule has 32 heavy (non-hydrogen) atoms. The monoisotopic (exact) mass is 446 g/mol. The first-order valence-electron chi connectivity index (χ1n) is 11.2. The van der Waals surface area contributed by atoms with Crippen LogP contribution in [0.5, 0.6) is 0 Å². The zero-order chi connectivity index (χ0) is 22.2. The molecule has 2 N–H and O–H groups in total. The Balaban J connectivity index is 1.22. The molecule has 1 saturated heterocycles. The minimum atomic E-state index is -0.138. The molecule has 0 saturated carbocycles. The first kappa shape index (κ1) is 22.6. The number of rotatable bonds is 8. The Morgan fingerprint density at radius 3 is 2.22 bits per heavy atom. The van der Waals surface area contributed by atoms with Gasteiger partial charge in [-0.15, -0.1) is 11.8 Å². The van der Waals surface area contributed by atoms with E-state index in [9.17, 15) is 9.90 Å². The zero-order valence-corrected chi connectivity index (χ0v) is 19.1. The van der Waals surface area contributed by atoms with Crippen molar-refractivity contribution in [2.75, 3.05) is 13.1 Å². The number of nitrogens with one attached hydrogen (secondary N) is 1. The van der Waals surface area contributed by atoms with Gasteiger partial charge in [-0.1, -0.05) is 54.6 Å². The molecular weight excluding hydrogens is 416 g/mol. The van der Waals surface area contributed by atoms with Gasteiger partial charge < -0.3 is 10.4 Å². The molecule has 0 radical (unpaired) electrons. The van der Waals surface area contributed by atoms with Gasteiger partial charge in [0.2, 0.25) is 0 Å². The van der Waals surface area contributed by atoms with Crippen molar-refractivity contribution in [2.45, 2.75) is 42.7 Å². The summed E-state index contributed by atoms with van der Waals surface area (Å²) in [5.74, 6) is 0.864. The second-order valence-corrected chi connectivity index (χ2v) is 9.35. The van der Waals surface area contributed by atoms with Gasteiger partial charge in [-0.3, -0.25) is 9.69 Å². The number of hydrogen-bond donors (Lipinski definition) is 2. The fraction of sp³-hybridized carbons (Fsp3) is 0.296. The molecular formula is C27H30N2O2S. The number of carbonyl (C=O) groups is 1. The quantitative estimate of drug-likeness (QED) is 0.485. The molecule has 0 unspecified atom stereocenters. The average molecular weight is 447 g/mol. The van der Waals surface area contributed by atoms with Crippen LogP contribution < -0.4 is 5.32 Å². The predicted octanol–water partition coefficient (Wildman–Crippen LogP) is 4.87. The topological polar surface area (TPSA) is 52.6 Å². The molecule has 5 heteroatoms. The molecule has 4 nitrogen and oxygen atoms in total. The van der Waals surface area contributed by atoms with Crippen LogP contribution in [-0.4, -0.2) is 35.1 Å². The Hall–Kier alpha value is -2.60. The molecule has 1 amide bonds. The number of carbonyl (C=O) groups excluding carboxylic acids is 1. The van der Waals surface area contributed by atoms with Gasteiger partial charge in [0.15, 0.2) is 0 Å². The number of benzene rings is 3. The summed E-state index contributed by atoms with van der Waals surface area (Å²) >= 11 is 1.77. The molecule has 3 aromatic carbocycles. The van der Waals surface area contributed by atoms with E-state index in [4.69, 9.17) is 0 Å². The summed E-state index contributed by atoms with van der Waals surface area (Å²) in [4.78, 5) is 16.1. The molecule has 1 aliphatic rings. The third-order valence-corrected chi connectivity index (χ3v) is 6.89. The SMILES string of the molecule is O=C(NCc1ccc(CN2CCC(O)CC2)cc1)c1ccc(SCc2ccccc2)cc1. The number of amides is 1. The number of nitrogens with zero attached hydrogens (tertiary/aromatic N) is 1. The number of aliphatic hydroxyl groups is 1. The molecule has 1 fully saturated rings. The van der Waals surface area contributed by atoms with Crippen LogP contribution >= 0.6 is 11.8 Å². The Kier molecular flexibility index (Phi) is 7.99. The van der Waals surface area contributed by atoms with E-state index < -0.39 is 0 Å². The maximum Gasteiger partial charge on any atom is 0.251 e. The molecule has 166 valence electrons. The van der Waals surface area contributed by atoms with E-state index in [-0.39, 0.29) is 12.0 Å². The molecule has 1 heterocycles. The van der Waals surface area contributed by atoms with Crippen LogP contribution in [0.3, 0.4) is 0 Å². The Bertz CT molecular complexity index is 982. The highest BCUT2D eigenvalue weighted by Crippen LogP contribution is 2.23. The summed E-state index contributed by atoms with van der Waals surface area (Å²) in [6, 6.07) is 26.6. The molecule has 0 atom stereocenters. The number of piperidine rings is 1. The molecule has 0 aromatic heterocycles. The summed E-state index contributed by atoms with van der Waals surface area (Å²) in [6.45, 7) is 3.32. The van der Waals surface area contributed by atoms with Crippen LogP contribution in [0, 0.1) is 0 Å². The lowest BCUT2D eigenvalue weighted by atomic mass is 10.1. The van der Waals surface area contributed by atoms with Crippen LogP contribution in [-0.2, 0) is 18.8 Å². The second-order valence-electron chi connectivity index (χ2n) is 8.31. The Morgan fingerprint density at radius 1 is 0.875 bits per heavy atom. The smallest absolute Gasteiger partial charge is 0.251 e. The van der Waals surface area contributed by atoms with Crippen LogP contribution in [0.2, 0.25) is 0 Å². The third-order valence-electron chi connectivity index (χ3n) is 5.80. The van der Waals surface area contributed by atoms with Crippen molar-refractivity contribution in [1.29, 1.82) is 0 Å². The minimum absolute atomic E-state index is 0.0550. The van der Waals surface area contributed by atoms with Crippen molar-refractivity contribution in [3.8, 4) is 0 Å². The number of likely N-dealkylation sites (tertiary alicyclic amines) is 1. The van der Waals surface area contributed by atoms with Crippen LogP contribution in [0.4, 0.5) is 0 Å². The second kappa shape index (κ2) is 11.3. The lowest BCUT2D eigenvalue weighted by Crippen LogP contribution is -2.35. The third kappa shape index (κ3) is 6.70. The van der Waals surface area contributed by atoms with E-state index in [1.54, 1.807) is 11.8 Å². The standard InChI is InChI=1S/C27H30N2O2S/c30-25-14-16-29(17-15-25)19-22-8-6-21(7-9-22)18-28-27(31)24-10-12-26(13-11-24)32-20-23-4-2-1-3-5-23/h1-13,25,30H,14-20H2,(H,28,31). The van der Waals surface area contributed by atoms with Crippen LogP contribution in [0.15, 0.2) is 83.8 Å². The Morgan fingerprint density at radius 2 is 1.53 bits per heavy atom. The van der Waals surface area contributed by atoms with Gasteiger partial charge in [0.25, 0.3) is 5.91 Å². The fourth-order valence-corrected chi connectivity index (χ4v) is 4.68. The summed E-state index contributed by atoms with van der Waals surface area (Å²) in [5, 5.41) is 12.6. The normalized spacial score (nSPS) is 14.9. The lowest BCUT2D eigenvalue weighted by Gasteiger charge is -2.29. The van der Waals surface area contributed by atoms with E-state index >= 15 is 0 Å². The molecule has 0 spiro atoms. The fourth-order valence-electron chi connectivity index (χ4n) is 3.83. The number of thioether (sulfide) groups is 1. The van der Waals surface area contributed by atoms with Crippen molar-refractivity contribution in [3.05, 3.63) is 101 Å². The van der Waals surface area contributed by atoms with Gasteiger partial charge in [0.05, 0.1) is 6.10 Å². The Labute approximate surface area is 194 Å². The summed E-state index contributed by atoms with van der Waals surface area (Å²) < 4.78 is 0. The van der Waals surface area contributed by atoms with Crippen molar-refractivity contribution < 1.29 is 9.90 Å². The molecule has 3 aromatic rings. The summed E-state index contributed by atoms with van der Waals surface area (Å²) in [7, 11) is 0. The van der Waals surface area contributed by atoms with Gasteiger partial charge in [-0.05, 0) is 53.8 Å². The minimum Gasteiger partial charge on any atom is -0.393 e. The number of hydrogen-bond acceptors (Lipinski definition) is 4. The van der Waals surface area contributed by atoms with E-state index in [1.165, 1.54) is 11.1 Å². The van der Waals surface area contributed by atoms with Crippen LogP contribution in [0.1, 0.15) is 39.9 Å². The largest absolute Gasteiger partial charge is 0.393 e. The predicted molar refractivity (Wildman–Crippen MR) is 131 cm³/mol. The highest BCUT2D eigenvalue weighted by molar-refractivity contribution is 7.98. The van der Waals surface area contributed by atoms with E-state index in [1.807, 2.05) is 30.3 Å². The van der Waals surface area contributed by atoms with Crippen molar-refractivity contribution in [2.24, 2.45) is 0 Å². The summed E-state index contributed by atoms with van der Waals surface area (Å²) in [5.41, 5.74) is 4.32. The first-order valence-corrected chi connectivity index (χ1v) is 12.2. The molecule has 1 aliphatic heterocycles. The van der Waals surface area contributed by atoms with Gasteiger partial charge in [0.1, 0.15) is 0 Å². The van der Waals surface area contributed by atoms with Gasteiger partial charge in [-0.25, -0.2) is 0 Å². The highest BCUT2D eigenvalue weighted by Gasteiger charge is 2.16. The van der Waals surface area contributed by atoms with Gasteiger partial charge in [-0.2, -0.15) is 0 Å². The van der Waals surface area contributed by atoms with Crippen molar-refractivity contribution in [3.63, 3.8) is 0 Å². The number of aliphatic hydroxyl groups excluding tert-OH is 1. The van der Waals surface area contributed by atoms with Gasteiger partial charge >= 0.3 is 0 Å². The molecule has 4 rings (SSSR count). The first-order chi connectivity index (χ1) is 15.7. The van der Waals surface area contributed by atoms with Crippen molar-refractivity contribution >= 4 is 17.7 Å². The summed E-state index contributed by atoms with van der Waals surface area (Å²) in [6.07, 6.45) is 1.58. The highest BCUT2D eigenvalue weighted by atomic mass is 32.2. The zero-order valence-electron chi connectivity index (χ0n) is 18.2.